The number of carbonyl (C=O) groups is 1. The van der Waals surface area contributed by atoms with Crippen molar-refractivity contribution >= 4 is 5.91 Å². The molecule has 2 rings (SSSR count). The Labute approximate surface area is 69.1 Å². The zero-order valence-corrected chi connectivity index (χ0v) is 6.56. The van der Waals surface area contributed by atoms with Gasteiger partial charge in [0.2, 0.25) is 5.67 Å². The molecule has 5 heteroatoms. The van der Waals surface area contributed by atoms with E-state index in [2.05, 4.69) is 10.6 Å². The van der Waals surface area contributed by atoms with E-state index in [9.17, 15) is 14.3 Å². The van der Waals surface area contributed by atoms with Crippen molar-refractivity contribution < 1.29 is 14.3 Å². The number of halogens is 1. The number of aliphatic hydroxyl groups is 1. The summed E-state index contributed by atoms with van der Waals surface area (Å²) in [7, 11) is 0. The van der Waals surface area contributed by atoms with Crippen molar-refractivity contribution in [2.45, 2.75) is 17.7 Å². The molecule has 2 aliphatic rings. The molecule has 0 saturated carbocycles. The molecule has 0 aliphatic carbocycles. The van der Waals surface area contributed by atoms with E-state index in [0.717, 1.165) is 0 Å². The molecule has 68 valence electrons. The fourth-order valence-electron chi connectivity index (χ4n) is 1.82. The molecule has 0 bridgehead atoms. The average molecular weight is 174 g/mol. The second-order valence-corrected chi connectivity index (χ2v) is 3.44. The molecule has 4 nitrogen and oxygen atoms in total. The van der Waals surface area contributed by atoms with Crippen LogP contribution >= 0.6 is 0 Å². The minimum atomic E-state index is -2.07. The molecule has 0 aromatic carbocycles. The molecule has 3 N–H and O–H groups in total. The van der Waals surface area contributed by atoms with Crippen LogP contribution in [0.25, 0.3) is 0 Å². The van der Waals surface area contributed by atoms with Crippen LogP contribution < -0.4 is 10.6 Å². The summed E-state index contributed by atoms with van der Waals surface area (Å²) >= 11 is 0. The van der Waals surface area contributed by atoms with Gasteiger partial charge < -0.3 is 15.7 Å². The third-order valence-corrected chi connectivity index (χ3v) is 2.70. The second-order valence-electron chi connectivity index (χ2n) is 3.44. The van der Waals surface area contributed by atoms with Gasteiger partial charge in [0.15, 0.2) is 0 Å². The van der Waals surface area contributed by atoms with Crippen LogP contribution in [0.1, 0.15) is 6.42 Å². The summed E-state index contributed by atoms with van der Waals surface area (Å²) in [6, 6.07) is 0. The van der Waals surface area contributed by atoms with Crippen molar-refractivity contribution in [3.05, 3.63) is 0 Å². The highest BCUT2D eigenvalue weighted by atomic mass is 19.1. The number of nitrogens with one attached hydrogen (secondary N) is 2. The van der Waals surface area contributed by atoms with Gasteiger partial charge >= 0.3 is 0 Å². The van der Waals surface area contributed by atoms with E-state index < -0.39 is 17.2 Å². The minimum Gasteiger partial charge on any atom is -0.383 e. The van der Waals surface area contributed by atoms with E-state index in [1.54, 1.807) is 0 Å². The van der Waals surface area contributed by atoms with E-state index in [1.807, 2.05) is 0 Å². The quantitative estimate of drug-likeness (QED) is 0.421. The van der Waals surface area contributed by atoms with E-state index in [4.69, 9.17) is 0 Å². The van der Waals surface area contributed by atoms with Gasteiger partial charge in [0, 0.05) is 13.0 Å². The Morgan fingerprint density at radius 3 is 2.92 bits per heavy atom. The van der Waals surface area contributed by atoms with Gasteiger partial charge in [-0.2, -0.15) is 0 Å². The first-order valence-corrected chi connectivity index (χ1v) is 3.99. The standard InChI is InChI=1S/C7H11FN2O2/c8-7-1-2-9-3-6(7,12)4-10-5(7)11/h9,12H,1-4H2,(H,10,11)/t6-,7+/m0/s1. The van der Waals surface area contributed by atoms with Crippen LogP contribution in [0.15, 0.2) is 0 Å². The predicted octanol–water partition coefficient (Wildman–Crippen LogP) is -1.45. The van der Waals surface area contributed by atoms with Crippen molar-refractivity contribution in [3.8, 4) is 0 Å². The Balaban J connectivity index is 2.35. The smallest absolute Gasteiger partial charge is 0.261 e. The largest absolute Gasteiger partial charge is 0.383 e. The number of piperidine rings is 1. The number of β-amino-alcohol motifs (C(OH)–C–C–N with tert-alkyl or cyclic N) is 1. The van der Waals surface area contributed by atoms with Gasteiger partial charge in [-0.3, -0.25) is 4.79 Å². The third-order valence-electron chi connectivity index (χ3n) is 2.70. The maximum absolute atomic E-state index is 13.8. The molecular weight excluding hydrogens is 163 g/mol. The monoisotopic (exact) mass is 174 g/mol. The fraction of sp³-hybridized carbons (Fsp3) is 0.857. The molecule has 2 saturated heterocycles. The minimum absolute atomic E-state index is 0.00926. The molecule has 0 spiro atoms. The van der Waals surface area contributed by atoms with Crippen LogP contribution in [0.5, 0.6) is 0 Å². The molecular formula is C7H11FN2O2. The molecule has 2 aliphatic heterocycles. The normalized spacial score (nSPS) is 47.0. The first kappa shape index (κ1) is 7.94. The lowest BCUT2D eigenvalue weighted by atomic mass is 9.82. The Morgan fingerprint density at radius 1 is 1.50 bits per heavy atom. The zero-order valence-electron chi connectivity index (χ0n) is 6.56. The highest BCUT2D eigenvalue weighted by molar-refractivity contribution is 5.89. The van der Waals surface area contributed by atoms with Gasteiger partial charge in [0.25, 0.3) is 5.91 Å². The summed E-state index contributed by atoms with van der Waals surface area (Å²) in [6.45, 7) is 0.587. The molecule has 12 heavy (non-hydrogen) atoms. The Bertz CT molecular complexity index is 235. The average Bonchev–Trinajstić information content (AvgIpc) is 2.28. The SMILES string of the molecule is O=C1NC[C@@]2(O)CNCC[C@@]12F. The summed E-state index contributed by atoms with van der Waals surface area (Å²) in [4.78, 5) is 11.1. The van der Waals surface area contributed by atoms with Crippen molar-refractivity contribution in [2.75, 3.05) is 19.6 Å². The number of carbonyl (C=O) groups excluding carboxylic acids is 1. The summed E-state index contributed by atoms with van der Waals surface area (Å²) < 4.78 is 13.8. The van der Waals surface area contributed by atoms with Gasteiger partial charge in [-0.15, -0.1) is 0 Å². The lowest BCUT2D eigenvalue weighted by molar-refractivity contribution is -0.144. The molecule has 2 heterocycles. The number of fused-ring (bicyclic) bond motifs is 1. The maximum Gasteiger partial charge on any atom is 0.261 e. The van der Waals surface area contributed by atoms with Gasteiger partial charge in [0.1, 0.15) is 5.60 Å². The Hall–Kier alpha value is -0.680. The zero-order chi connectivity index (χ0) is 8.82. The summed E-state index contributed by atoms with van der Waals surface area (Å²) in [5, 5.41) is 14.9. The first-order valence-electron chi connectivity index (χ1n) is 3.99. The van der Waals surface area contributed by atoms with Gasteiger partial charge in [-0.25, -0.2) is 4.39 Å². The van der Waals surface area contributed by atoms with Gasteiger partial charge in [-0.05, 0) is 6.54 Å². The van der Waals surface area contributed by atoms with E-state index in [0.29, 0.717) is 6.54 Å². The summed E-state index contributed by atoms with van der Waals surface area (Å²) in [5.41, 5.74) is -3.61. The number of rotatable bonds is 0. The molecule has 1 amide bonds. The van der Waals surface area contributed by atoms with Crippen LogP contribution in [0.2, 0.25) is 0 Å². The van der Waals surface area contributed by atoms with Crippen LogP contribution in [-0.2, 0) is 4.79 Å². The highest BCUT2D eigenvalue weighted by Crippen LogP contribution is 2.36. The molecule has 0 unspecified atom stereocenters. The van der Waals surface area contributed by atoms with Crippen LogP contribution in [0.3, 0.4) is 0 Å². The molecule has 0 radical (unpaired) electrons. The number of alkyl halides is 1. The number of hydrogen-bond acceptors (Lipinski definition) is 3. The van der Waals surface area contributed by atoms with Crippen molar-refractivity contribution in [1.82, 2.24) is 10.6 Å². The van der Waals surface area contributed by atoms with E-state index in [1.165, 1.54) is 0 Å². The Morgan fingerprint density at radius 2 is 2.25 bits per heavy atom. The highest BCUT2D eigenvalue weighted by Gasteiger charge is 2.62. The molecule has 2 atom stereocenters. The predicted molar refractivity (Wildman–Crippen MR) is 39.3 cm³/mol. The second kappa shape index (κ2) is 2.17. The fourth-order valence-corrected chi connectivity index (χ4v) is 1.82. The topological polar surface area (TPSA) is 61.4 Å². The van der Waals surface area contributed by atoms with E-state index in [-0.39, 0.29) is 19.5 Å². The maximum atomic E-state index is 13.8. The van der Waals surface area contributed by atoms with Gasteiger partial charge in [0.05, 0.1) is 6.54 Å². The third kappa shape index (κ3) is 0.750. The van der Waals surface area contributed by atoms with E-state index >= 15 is 0 Å². The van der Waals surface area contributed by atoms with Crippen LogP contribution in [0, 0.1) is 0 Å². The molecule has 0 aromatic heterocycles. The molecule has 2 fully saturated rings. The summed E-state index contributed by atoms with van der Waals surface area (Å²) in [5.74, 6) is -0.675. The number of amides is 1. The van der Waals surface area contributed by atoms with Crippen LogP contribution in [-0.4, -0.2) is 41.9 Å². The molecule has 0 aromatic rings. The lowest BCUT2D eigenvalue weighted by Gasteiger charge is -2.37. The van der Waals surface area contributed by atoms with Crippen molar-refractivity contribution in [3.63, 3.8) is 0 Å². The van der Waals surface area contributed by atoms with Gasteiger partial charge in [-0.1, -0.05) is 0 Å². The van der Waals surface area contributed by atoms with Crippen molar-refractivity contribution in [2.24, 2.45) is 0 Å². The number of hydrogen-bond donors (Lipinski definition) is 3. The summed E-state index contributed by atoms with van der Waals surface area (Å²) in [6.07, 6.45) is 0.0509. The lowest BCUT2D eigenvalue weighted by Crippen LogP contribution is -2.62. The Kier molecular flexibility index (Phi) is 1.44. The first-order chi connectivity index (χ1) is 5.58. The van der Waals surface area contributed by atoms with Crippen LogP contribution in [0.4, 0.5) is 4.39 Å². The van der Waals surface area contributed by atoms with Crippen molar-refractivity contribution in [1.29, 1.82) is 0 Å².